The highest BCUT2D eigenvalue weighted by Gasteiger charge is 2.35. The number of amides is 1. The fourth-order valence-corrected chi connectivity index (χ4v) is 2.86. The lowest BCUT2D eigenvalue weighted by atomic mass is 9.89. The molecular formula is C13H17N3OS. The second kappa shape index (κ2) is 5.09. The molecule has 2 rings (SSSR count). The molecule has 0 aromatic carbocycles. The van der Waals surface area contributed by atoms with E-state index in [0.29, 0.717) is 17.7 Å². The Kier molecular flexibility index (Phi) is 3.69. The first-order valence-corrected chi connectivity index (χ1v) is 6.85. The fourth-order valence-electron chi connectivity index (χ4n) is 2.10. The van der Waals surface area contributed by atoms with Crippen molar-refractivity contribution in [2.24, 2.45) is 0 Å². The number of nitrogens with zero attached hydrogens (tertiary/aromatic N) is 2. The Labute approximate surface area is 111 Å². The van der Waals surface area contributed by atoms with Crippen molar-refractivity contribution in [3.8, 4) is 6.07 Å². The lowest BCUT2D eigenvalue weighted by molar-refractivity contribution is 0.0886. The van der Waals surface area contributed by atoms with E-state index in [2.05, 4.69) is 16.3 Å². The molecule has 0 saturated carbocycles. The monoisotopic (exact) mass is 263 g/mol. The summed E-state index contributed by atoms with van der Waals surface area (Å²) in [5.74, 6) is -0.126. The Hall–Kier alpha value is -1.38. The van der Waals surface area contributed by atoms with Gasteiger partial charge in [-0.2, -0.15) is 5.26 Å². The van der Waals surface area contributed by atoms with E-state index in [1.165, 1.54) is 11.3 Å². The van der Waals surface area contributed by atoms with Gasteiger partial charge in [0, 0.05) is 18.0 Å². The summed E-state index contributed by atoms with van der Waals surface area (Å²) in [4.78, 5) is 16.1. The van der Waals surface area contributed by atoms with Gasteiger partial charge in [-0.3, -0.25) is 4.79 Å². The van der Waals surface area contributed by atoms with Gasteiger partial charge in [0.2, 0.25) is 0 Å². The first kappa shape index (κ1) is 13.1. The first-order valence-electron chi connectivity index (χ1n) is 6.03. The Bertz CT molecular complexity index is 481. The van der Waals surface area contributed by atoms with Gasteiger partial charge in [-0.25, -0.2) is 0 Å². The zero-order valence-electron chi connectivity index (χ0n) is 10.7. The summed E-state index contributed by atoms with van der Waals surface area (Å²) in [7, 11) is 2.03. The minimum atomic E-state index is -0.693. The van der Waals surface area contributed by atoms with Crippen molar-refractivity contribution in [2.75, 3.05) is 20.1 Å². The van der Waals surface area contributed by atoms with Crippen LogP contribution < -0.4 is 5.32 Å². The summed E-state index contributed by atoms with van der Waals surface area (Å²) >= 11 is 1.46. The molecule has 0 bridgehead atoms. The molecule has 1 aliphatic heterocycles. The van der Waals surface area contributed by atoms with Gasteiger partial charge in [-0.1, -0.05) is 0 Å². The van der Waals surface area contributed by atoms with Gasteiger partial charge in [0.15, 0.2) is 0 Å². The van der Waals surface area contributed by atoms with E-state index in [4.69, 9.17) is 0 Å². The van der Waals surface area contributed by atoms with Crippen molar-refractivity contribution in [3.63, 3.8) is 0 Å². The largest absolute Gasteiger partial charge is 0.333 e. The minimum absolute atomic E-state index is 0.126. The lowest BCUT2D eigenvalue weighted by Gasteiger charge is -2.35. The van der Waals surface area contributed by atoms with E-state index in [9.17, 15) is 10.1 Å². The van der Waals surface area contributed by atoms with Gasteiger partial charge < -0.3 is 10.2 Å². The molecule has 0 aliphatic carbocycles. The fraction of sp³-hybridized carbons (Fsp3) is 0.538. The normalized spacial score (nSPS) is 19.2. The predicted octanol–water partition coefficient (Wildman–Crippen LogP) is 1.77. The van der Waals surface area contributed by atoms with Crippen LogP contribution in [0.15, 0.2) is 12.1 Å². The Balaban J connectivity index is 2.07. The smallest absolute Gasteiger partial charge is 0.262 e. The van der Waals surface area contributed by atoms with Crippen LogP contribution in [-0.2, 0) is 0 Å². The third-order valence-corrected chi connectivity index (χ3v) is 4.37. The molecule has 1 aliphatic rings. The molecule has 1 aromatic heterocycles. The minimum Gasteiger partial charge on any atom is -0.333 e. The Morgan fingerprint density at radius 2 is 2.17 bits per heavy atom. The van der Waals surface area contributed by atoms with E-state index in [1.54, 1.807) is 0 Å². The number of hydrogen-bond donors (Lipinski definition) is 1. The highest BCUT2D eigenvalue weighted by atomic mass is 32.1. The highest BCUT2D eigenvalue weighted by Crippen LogP contribution is 2.23. The zero-order chi connectivity index (χ0) is 13.2. The second-order valence-corrected chi connectivity index (χ2v) is 6.15. The molecule has 5 heteroatoms. The number of likely N-dealkylation sites (tertiary alicyclic amines) is 1. The van der Waals surface area contributed by atoms with Gasteiger partial charge in [0.1, 0.15) is 5.54 Å². The maximum atomic E-state index is 12.1. The molecule has 4 nitrogen and oxygen atoms in total. The Morgan fingerprint density at radius 1 is 1.50 bits per heavy atom. The average molecular weight is 263 g/mol. The summed E-state index contributed by atoms with van der Waals surface area (Å²) in [6, 6.07) is 6.03. The first-order chi connectivity index (χ1) is 8.54. The molecule has 18 heavy (non-hydrogen) atoms. The van der Waals surface area contributed by atoms with Crippen LogP contribution in [0.3, 0.4) is 0 Å². The van der Waals surface area contributed by atoms with Crippen LogP contribution in [-0.4, -0.2) is 36.5 Å². The average Bonchev–Trinajstić information content (AvgIpc) is 2.79. The SMILES string of the molecule is Cc1ccc(C(=O)NC2(C#N)CCN(C)CC2)s1. The summed E-state index contributed by atoms with van der Waals surface area (Å²) in [5.41, 5.74) is -0.693. The van der Waals surface area contributed by atoms with Crippen molar-refractivity contribution in [2.45, 2.75) is 25.3 Å². The molecule has 2 heterocycles. The third kappa shape index (κ3) is 2.71. The molecule has 1 saturated heterocycles. The summed E-state index contributed by atoms with van der Waals surface area (Å²) in [5, 5.41) is 12.3. The Morgan fingerprint density at radius 3 is 2.67 bits per heavy atom. The molecule has 1 N–H and O–H groups in total. The van der Waals surface area contributed by atoms with Crippen LogP contribution in [0.1, 0.15) is 27.4 Å². The van der Waals surface area contributed by atoms with Crippen LogP contribution in [0, 0.1) is 18.3 Å². The van der Waals surface area contributed by atoms with E-state index >= 15 is 0 Å². The predicted molar refractivity (Wildman–Crippen MR) is 71.6 cm³/mol. The van der Waals surface area contributed by atoms with Crippen molar-refractivity contribution in [1.82, 2.24) is 10.2 Å². The van der Waals surface area contributed by atoms with E-state index in [0.717, 1.165) is 18.0 Å². The van der Waals surface area contributed by atoms with Crippen LogP contribution in [0.2, 0.25) is 0 Å². The molecule has 1 amide bonds. The summed E-state index contributed by atoms with van der Waals surface area (Å²) in [6.45, 7) is 3.66. The number of rotatable bonds is 2. The molecule has 96 valence electrons. The maximum Gasteiger partial charge on any atom is 0.262 e. The highest BCUT2D eigenvalue weighted by molar-refractivity contribution is 7.13. The number of nitrogens with one attached hydrogen (secondary N) is 1. The molecule has 1 fully saturated rings. The van der Waals surface area contributed by atoms with Crippen LogP contribution in [0.4, 0.5) is 0 Å². The summed E-state index contributed by atoms with van der Waals surface area (Å²) in [6.07, 6.45) is 1.38. The van der Waals surface area contributed by atoms with E-state index < -0.39 is 5.54 Å². The van der Waals surface area contributed by atoms with Gasteiger partial charge >= 0.3 is 0 Å². The lowest BCUT2D eigenvalue weighted by Crippen LogP contribution is -2.53. The van der Waals surface area contributed by atoms with Crippen LogP contribution in [0.25, 0.3) is 0 Å². The zero-order valence-corrected chi connectivity index (χ0v) is 11.5. The van der Waals surface area contributed by atoms with Crippen molar-refractivity contribution in [1.29, 1.82) is 5.26 Å². The molecule has 0 atom stereocenters. The molecule has 1 aromatic rings. The van der Waals surface area contributed by atoms with Crippen LogP contribution >= 0.6 is 11.3 Å². The quantitative estimate of drug-likeness (QED) is 0.884. The number of nitriles is 1. The molecule has 0 radical (unpaired) electrons. The number of carbonyl (C=O) groups excluding carboxylic acids is 1. The summed E-state index contributed by atoms with van der Waals surface area (Å²) < 4.78 is 0. The van der Waals surface area contributed by atoms with Crippen LogP contribution in [0.5, 0.6) is 0 Å². The van der Waals surface area contributed by atoms with Gasteiger partial charge in [0.05, 0.1) is 10.9 Å². The molecule has 0 spiro atoms. The van der Waals surface area contributed by atoms with Crippen molar-refractivity contribution < 1.29 is 4.79 Å². The molecular weight excluding hydrogens is 246 g/mol. The number of hydrogen-bond acceptors (Lipinski definition) is 4. The van der Waals surface area contributed by atoms with Crippen molar-refractivity contribution >= 4 is 17.2 Å². The van der Waals surface area contributed by atoms with E-state index in [-0.39, 0.29) is 5.91 Å². The van der Waals surface area contributed by atoms with Crippen molar-refractivity contribution in [3.05, 3.63) is 21.9 Å². The maximum absolute atomic E-state index is 12.1. The third-order valence-electron chi connectivity index (χ3n) is 3.37. The number of carbonyl (C=O) groups is 1. The topological polar surface area (TPSA) is 56.1 Å². The number of thiophene rings is 1. The number of aryl methyl sites for hydroxylation is 1. The van der Waals surface area contributed by atoms with Gasteiger partial charge in [-0.05, 0) is 38.9 Å². The second-order valence-electron chi connectivity index (χ2n) is 4.86. The molecule has 0 unspecified atom stereocenters. The van der Waals surface area contributed by atoms with E-state index in [1.807, 2.05) is 26.1 Å². The van der Waals surface area contributed by atoms with Gasteiger partial charge in [0.25, 0.3) is 5.91 Å². The number of piperidine rings is 1. The standard InChI is InChI=1S/C13H17N3OS/c1-10-3-4-11(18-10)12(17)15-13(9-14)5-7-16(2)8-6-13/h3-4H,5-8H2,1-2H3,(H,15,17). The van der Waals surface area contributed by atoms with Gasteiger partial charge in [-0.15, -0.1) is 11.3 Å².